The van der Waals surface area contributed by atoms with Gasteiger partial charge in [0.05, 0.1) is 0 Å². The summed E-state index contributed by atoms with van der Waals surface area (Å²) in [6.07, 6.45) is -0.628. The van der Waals surface area contributed by atoms with Crippen molar-refractivity contribution in [2.45, 2.75) is 20.0 Å². The SMILES string of the molecule is Cc1cc([C@H](O)c2cccc(Br)c2)cc(C)c1Cl. The lowest BCUT2D eigenvalue weighted by Crippen LogP contribution is -2.01. The molecule has 0 fully saturated rings. The summed E-state index contributed by atoms with van der Waals surface area (Å²) in [4.78, 5) is 0. The molecule has 2 rings (SSSR count). The predicted octanol–water partition coefficient (Wildman–Crippen LogP) is 4.80. The third-order valence-corrected chi connectivity index (χ3v) is 4.03. The molecule has 1 atom stereocenters. The van der Waals surface area contributed by atoms with Gasteiger partial charge in [-0.15, -0.1) is 0 Å². The summed E-state index contributed by atoms with van der Waals surface area (Å²) in [5, 5.41) is 11.2. The van der Waals surface area contributed by atoms with Crippen molar-refractivity contribution in [2.24, 2.45) is 0 Å². The van der Waals surface area contributed by atoms with Gasteiger partial charge in [-0.3, -0.25) is 0 Å². The highest BCUT2D eigenvalue weighted by molar-refractivity contribution is 9.10. The first-order chi connectivity index (χ1) is 8.49. The molecule has 0 spiro atoms. The molecule has 2 aromatic carbocycles. The molecular weight excluding hydrogens is 312 g/mol. The highest BCUT2D eigenvalue weighted by Crippen LogP contribution is 2.29. The highest BCUT2D eigenvalue weighted by Gasteiger charge is 2.13. The number of aliphatic hydroxyl groups excluding tert-OH is 1. The molecule has 2 aromatic rings. The van der Waals surface area contributed by atoms with Gasteiger partial charge >= 0.3 is 0 Å². The zero-order chi connectivity index (χ0) is 13.3. The Morgan fingerprint density at radius 1 is 1.06 bits per heavy atom. The topological polar surface area (TPSA) is 20.2 Å². The Morgan fingerprint density at radius 3 is 2.22 bits per heavy atom. The molecule has 0 amide bonds. The van der Waals surface area contributed by atoms with Gasteiger partial charge < -0.3 is 5.11 Å². The van der Waals surface area contributed by atoms with Crippen LogP contribution in [0.5, 0.6) is 0 Å². The van der Waals surface area contributed by atoms with Crippen molar-refractivity contribution in [1.82, 2.24) is 0 Å². The van der Waals surface area contributed by atoms with Crippen LogP contribution in [0.4, 0.5) is 0 Å². The van der Waals surface area contributed by atoms with Gasteiger partial charge in [-0.25, -0.2) is 0 Å². The van der Waals surface area contributed by atoms with E-state index in [1.165, 1.54) is 0 Å². The highest BCUT2D eigenvalue weighted by atomic mass is 79.9. The van der Waals surface area contributed by atoms with Crippen molar-refractivity contribution in [3.05, 3.63) is 68.1 Å². The van der Waals surface area contributed by atoms with E-state index in [1.807, 2.05) is 50.2 Å². The monoisotopic (exact) mass is 324 g/mol. The van der Waals surface area contributed by atoms with Crippen molar-refractivity contribution < 1.29 is 5.11 Å². The molecule has 1 N–H and O–H groups in total. The molecule has 0 unspecified atom stereocenters. The molecule has 0 radical (unpaired) electrons. The lowest BCUT2D eigenvalue weighted by molar-refractivity contribution is 0.220. The molecular formula is C15H14BrClO. The van der Waals surface area contributed by atoms with E-state index in [2.05, 4.69) is 15.9 Å². The van der Waals surface area contributed by atoms with Crippen LogP contribution in [0.2, 0.25) is 5.02 Å². The van der Waals surface area contributed by atoms with Crippen LogP contribution in [0, 0.1) is 13.8 Å². The Bertz CT molecular complexity index is 557. The van der Waals surface area contributed by atoms with Gasteiger partial charge in [0, 0.05) is 9.50 Å². The summed E-state index contributed by atoms with van der Waals surface area (Å²) in [6.45, 7) is 3.90. The van der Waals surface area contributed by atoms with Crippen LogP contribution in [0.15, 0.2) is 40.9 Å². The largest absolute Gasteiger partial charge is 0.384 e. The summed E-state index contributed by atoms with van der Waals surface area (Å²) < 4.78 is 0.960. The van der Waals surface area contributed by atoms with Crippen molar-refractivity contribution in [1.29, 1.82) is 0 Å². The molecule has 3 heteroatoms. The van der Waals surface area contributed by atoms with Gasteiger partial charge in [0.2, 0.25) is 0 Å². The van der Waals surface area contributed by atoms with E-state index in [-0.39, 0.29) is 0 Å². The van der Waals surface area contributed by atoms with Gasteiger partial charge in [0.15, 0.2) is 0 Å². The molecule has 0 heterocycles. The van der Waals surface area contributed by atoms with E-state index >= 15 is 0 Å². The maximum Gasteiger partial charge on any atom is 0.104 e. The molecule has 0 saturated heterocycles. The lowest BCUT2D eigenvalue weighted by Gasteiger charge is -2.14. The van der Waals surface area contributed by atoms with E-state index in [0.717, 1.165) is 31.7 Å². The molecule has 0 aliphatic heterocycles. The second kappa shape index (κ2) is 5.43. The van der Waals surface area contributed by atoms with Gasteiger partial charge in [-0.1, -0.05) is 51.8 Å². The molecule has 0 aliphatic rings. The Balaban J connectivity index is 2.43. The minimum atomic E-state index is -0.628. The maximum absolute atomic E-state index is 10.4. The molecule has 94 valence electrons. The zero-order valence-corrected chi connectivity index (χ0v) is 12.6. The molecule has 0 aromatic heterocycles. The summed E-state index contributed by atoms with van der Waals surface area (Å²) >= 11 is 9.55. The van der Waals surface area contributed by atoms with Gasteiger partial charge in [0.1, 0.15) is 6.10 Å². The first kappa shape index (κ1) is 13.6. The number of aryl methyl sites for hydroxylation is 2. The molecule has 1 nitrogen and oxygen atoms in total. The summed E-state index contributed by atoms with van der Waals surface area (Å²) in [6, 6.07) is 11.5. The third-order valence-electron chi connectivity index (χ3n) is 2.94. The number of hydrogen-bond acceptors (Lipinski definition) is 1. The van der Waals surface area contributed by atoms with Crippen LogP contribution in [0.25, 0.3) is 0 Å². The predicted molar refractivity (Wildman–Crippen MR) is 79.1 cm³/mol. The van der Waals surface area contributed by atoms with Crippen LogP contribution in [-0.2, 0) is 0 Å². The Labute approximate surface area is 121 Å². The van der Waals surface area contributed by atoms with Crippen LogP contribution < -0.4 is 0 Å². The van der Waals surface area contributed by atoms with Crippen LogP contribution >= 0.6 is 27.5 Å². The number of aliphatic hydroxyl groups is 1. The first-order valence-corrected chi connectivity index (χ1v) is 6.86. The fourth-order valence-corrected chi connectivity index (χ4v) is 2.53. The lowest BCUT2D eigenvalue weighted by atomic mass is 9.98. The third kappa shape index (κ3) is 2.77. The molecule has 18 heavy (non-hydrogen) atoms. The smallest absolute Gasteiger partial charge is 0.104 e. The quantitative estimate of drug-likeness (QED) is 0.841. The van der Waals surface area contributed by atoms with Crippen LogP contribution in [-0.4, -0.2) is 5.11 Å². The normalized spacial score (nSPS) is 12.5. The first-order valence-electron chi connectivity index (χ1n) is 5.69. The van der Waals surface area contributed by atoms with E-state index in [1.54, 1.807) is 0 Å². The maximum atomic E-state index is 10.4. The molecule has 0 saturated carbocycles. The minimum Gasteiger partial charge on any atom is -0.384 e. The molecule has 0 aliphatic carbocycles. The van der Waals surface area contributed by atoms with Gasteiger partial charge in [-0.2, -0.15) is 0 Å². The average molecular weight is 326 g/mol. The fourth-order valence-electron chi connectivity index (χ4n) is 2.01. The zero-order valence-electron chi connectivity index (χ0n) is 10.2. The minimum absolute atomic E-state index is 0.628. The van der Waals surface area contributed by atoms with Crippen molar-refractivity contribution >= 4 is 27.5 Å². The van der Waals surface area contributed by atoms with Gasteiger partial charge in [-0.05, 0) is 48.2 Å². The van der Waals surface area contributed by atoms with Crippen molar-refractivity contribution in [3.63, 3.8) is 0 Å². The number of halogens is 2. The second-order valence-corrected chi connectivity index (χ2v) is 5.72. The van der Waals surface area contributed by atoms with Crippen LogP contribution in [0.1, 0.15) is 28.4 Å². The molecule has 0 bridgehead atoms. The number of rotatable bonds is 2. The van der Waals surface area contributed by atoms with Crippen molar-refractivity contribution in [3.8, 4) is 0 Å². The summed E-state index contributed by atoms with van der Waals surface area (Å²) in [5.74, 6) is 0. The number of hydrogen-bond donors (Lipinski definition) is 1. The van der Waals surface area contributed by atoms with E-state index in [0.29, 0.717) is 0 Å². The summed E-state index contributed by atoms with van der Waals surface area (Å²) in [7, 11) is 0. The number of benzene rings is 2. The van der Waals surface area contributed by atoms with Crippen molar-refractivity contribution in [2.75, 3.05) is 0 Å². The average Bonchev–Trinajstić information content (AvgIpc) is 2.34. The van der Waals surface area contributed by atoms with Gasteiger partial charge in [0.25, 0.3) is 0 Å². The second-order valence-electron chi connectivity index (χ2n) is 4.43. The standard InChI is InChI=1S/C15H14BrClO/c1-9-6-12(7-10(2)14(9)17)15(18)11-4-3-5-13(16)8-11/h3-8,15,18H,1-2H3/t15-/m1/s1. The van der Waals surface area contributed by atoms with E-state index < -0.39 is 6.10 Å². The summed E-state index contributed by atoms with van der Waals surface area (Å²) in [5.41, 5.74) is 3.71. The van der Waals surface area contributed by atoms with E-state index in [4.69, 9.17) is 11.6 Å². The Morgan fingerprint density at radius 2 is 1.67 bits per heavy atom. The van der Waals surface area contributed by atoms with E-state index in [9.17, 15) is 5.11 Å². The fraction of sp³-hybridized carbons (Fsp3) is 0.200. The Kier molecular flexibility index (Phi) is 4.10. The van der Waals surface area contributed by atoms with Crippen LogP contribution in [0.3, 0.4) is 0 Å². The Hall–Kier alpha value is -0.830.